The van der Waals surface area contributed by atoms with Crippen LogP contribution in [0.5, 0.6) is 0 Å². The standard InChI is InChI=1S/C19H17BrFNO/c1-11-2-6-17(21)16(8-11)19(23)22-14-5-7-18(22)15-10-13(20)4-3-12(15)9-14/h2-4,6,8,10,14,18H,5,7,9H2,1H3. The number of hydrogen-bond donors (Lipinski definition) is 0. The number of fused-ring (bicyclic) bond motifs is 4. The van der Waals surface area contributed by atoms with Gasteiger partial charge in [-0.05, 0) is 61.6 Å². The zero-order valence-electron chi connectivity index (χ0n) is 12.9. The summed E-state index contributed by atoms with van der Waals surface area (Å²) >= 11 is 3.52. The summed E-state index contributed by atoms with van der Waals surface area (Å²) in [5.41, 5.74) is 3.62. The second-order valence-corrected chi connectivity index (χ2v) is 7.41. The van der Waals surface area contributed by atoms with E-state index in [-0.39, 0.29) is 23.6 Å². The van der Waals surface area contributed by atoms with Crippen molar-refractivity contribution in [1.29, 1.82) is 0 Å². The molecule has 0 radical (unpaired) electrons. The van der Waals surface area contributed by atoms with Crippen LogP contribution in [0.1, 0.15) is 45.9 Å². The first-order chi connectivity index (χ1) is 11.0. The number of hydrogen-bond acceptors (Lipinski definition) is 1. The number of halogens is 2. The minimum Gasteiger partial charge on any atom is -0.328 e. The van der Waals surface area contributed by atoms with Gasteiger partial charge in [-0.15, -0.1) is 0 Å². The molecule has 4 rings (SSSR count). The Bertz CT molecular complexity index is 804. The van der Waals surface area contributed by atoms with Crippen molar-refractivity contribution in [3.05, 3.63) is 68.9 Å². The summed E-state index contributed by atoms with van der Waals surface area (Å²) in [5.74, 6) is -0.607. The molecule has 2 nitrogen and oxygen atoms in total. The first kappa shape index (κ1) is 14.9. The van der Waals surface area contributed by atoms with Gasteiger partial charge in [-0.3, -0.25) is 4.79 Å². The Hall–Kier alpha value is -1.68. The highest BCUT2D eigenvalue weighted by Gasteiger charge is 2.43. The van der Waals surface area contributed by atoms with Gasteiger partial charge in [-0.2, -0.15) is 0 Å². The Labute approximate surface area is 143 Å². The molecular formula is C19H17BrFNO. The molecule has 2 atom stereocenters. The maximum absolute atomic E-state index is 14.2. The Kier molecular flexibility index (Phi) is 3.52. The third-order valence-electron chi connectivity index (χ3n) is 5.01. The van der Waals surface area contributed by atoms with Crippen LogP contribution in [0.2, 0.25) is 0 Å². The van der Waals surface area contributed by atoms with Crippen LogP contribution in [0.15, 0.2) is 40.9 Å². The first-order valence-corrected chi connectivity index (χ1v) is 8.71. The van der Waals surface area contributed by atoms with Crippen molar-refractivity contribution in [3.63, 3.8) is 0 Å². The van der Waals surface area contributed by atoms with Gasteiger partial charge in [0.15, 0.2) is 0 Å². The minimum atomic E-state index is -0.431. The van der Waals surface area contributed by atoms with Gasteiger partial charge in [0.25, 0.3) is 5.91 Å². The van der Waals surface area contributed by atoms with E-state index < -0.39 is 5.82 Å². The predicted octanol–water partition coefficient (Wildman–Crippen LogP) is 4.80. The van der Waals surface area contributed by atoms with Crippen molar-refractivity contribution in [3.8, 4) is 0 Å². The summed E-state index contributed by atoms with van der Waals surface area (Å²) in [5, 5.41) is 0. The molecule has 23 heavy (non-hydrogen) atoms. The van der Waals surface area contributed by atoms with Gasteiger partial charge in [-0.1, -0.05) is 33.6 Å². The van der Waals surface area contributed by atoms with Gasteiger partial charge in [0.1, 0.15) is 5.82 Å². The molecule has 2 heterocycles. The fourth-order valence-corrected chi connectivity index (χ4v) is 4.33. The van der Waals surface area contributed by atoms with E-state index in [1.54, 1.807) is 12.1 Å². The van der Waals surface area contributed by atoms with E-state index in [4.69, 9.17) is 0 Å². The molecule has 0 saturated carbocycles. The van der Waals surface area contributed by atoms with Crippen molar-refractivity contribution >= 4 is 21.8 Å². The molecule has 0 N–H and O–H groups in total. The minimum absolute atomic E-state index is 0.0636. The smallest absolute Gasteiger partial charge is 0.257 e. The van der Waals surface area contributed by atoms with E-state index in [1.807, 2.05) is 11.8 Å². The number of carbonyl (C=O) groups excluding carboxylic acids is 1. The average molecular weight is 374 g/mol. The van der Waals surface area contributed by atoms with Gasteiger partial charge < -0.3 is 4.90 Å². The van der Waals surface area contributed by atoms with E-state index in [9.17, 15) is 9.18 Å². The lowest BCUT2D eigenvalue weighted by Crippen LogP contribution is -2.42. The summed E-state index contributed by atoms with van der Waals surface area (Å²) < 4.78 is 15.2. The zero-order valence-corrected chi connectivity index (χ0v) is 14.4. The molecule has 2 aliphatic rings. The van der Waals surface area contributed by atoms with Crippen molar-refractivity contribution in [1.82, 2.24) is 4.90 Å². The van der Waals surface area contributed by atoms with Crippen molar-refractivity contribution in [2.45, 2.75) is 38.3 Å². The fourth-order valence-electron chi connectivity index (χ4n) is 3.95. The van der Waals surface area contributed by atoms with Crippen LogP contribution in [0.25, 0.3) is 0 Å². The Morgan fingerprint density at radius 3 is 2.87 bits per heavy atom. The second-order valence-electron chi connectivity index (χ2n) is 6.49. The monoisotopic (exact) mass is 373 g/mol. The van der Waals surface area contributed by atoms with Crippen LogP contribution >= 0.6 is 15.9 Å². The summed E-state index contributed by atoms with van der Waals surface area (Å²) in [4.78, 5) is 14.9. The lowest BCUT2D eigenvalue weighted by Gasteiger charge is -2.36. The number of benzene rings is 2. The molecule has 1 amide bonds. The van der Waals surface area contributed by atoms with Gasteiger partial charge in [0.05, 0.1) is 11.6 Å². The van der Waals surface area contributed by atoms with Crippen LogP contribution < -0.4 is 0 Å². The molecule has 2 aromatic carbocycles. The van der Waals surface area contributed by atoms with Crippen LogP contribution in [-0.4, -0.2) is 16.8 Å². The largest absolute Gasteiger partial charge is 0.328 e. The van der Waals surface area contributed by atoms with E-state index in [2.05, 4.69) is 34.1 Å². The molecule has 4 heteroatoms. The maximum atomic E-state index is 14.2. The number of carbonyl (C=O) groups is 1. The molecular weight excluding hydrogens is 357 g/mol. The van der Waals surface area contributed by atoms with Gasteiger partial charge in [0, 0.05) is 10.5 Å². The van der Waals surface area contributed by atoms with Crippen molar-refractivity contribution < 1.29 is 9.18 Å². The molecule has 1 fully saturated rings. The summed E-state index contributed by atoms with van der Waals surface area (Å²) in [6.45, 7) is 1.88. The molecule has 2 aromatic rings. The summed E-state index contributed by atoms with van der Waals surface area (Å²) in [6, 6.07) is 11.3. The van der Waals surface area contributed by atoms with Gasteiger partial charge in [-0.25, -0.2) is 4.39 Å². The highest BCUT2D eigenvalue weighted by atomic mass is 79.9. The molecule has 0 spiro atoms. The van der Waals surface area contributed by atoms with E-state index in [1.165, 1.54) is 17.2 Å². The Balaban J connectivity index is 1.76. The number of aryl methyl sites for hydroxylation is 1. The highest BCUT2D eigenvalue weighted by Crippen LogP contribution is 2.45. The fraction of sp³-hybridized carbons (Fsp3) is 0.316. The van der Waals surface area contributed by atoms with Crippen LogP contribution in [0.3, 0.4) is 0 Å². The Morgan fingerprint density at radius 2 is 2.04 bits per heavy atom. The summed E-state index contributed by atoms with van der Waals surface area (Å²) in [6.07, 6.45) is 2.79. The van der Waals surface area contributed by atoms with E-state index in [0.29, 0.717) is 0 Å². The van der Waals surface area contributed by atoms with Crippen LogP contribution in [0.4, 0.5) is 4.39 Å². The topological polar surface area (TPSA) is 20.3 Å². The first-order valence-electron chi connectivity index (χ1n) is 7.92. The van der Waals surface area contributed by atoms with Crippen LogP contribution in [-0.2, 0) is 6.42 Å². The summed E-state index contributed by atoms with van der Waals surface area (Å²) in [7, 11) is 0. The molecule has 0 aliphatic carbocycles. The molecule has 118 valence electrons. The van der Waals surface area contributed by atoms with Gasteiger partial charge >= 0.3 is 0 Å². The number of rotatable bonds is 1. The molecule has 2 bridgehead atoms. The quantitative estimate of drug-likeness (QED) is 0.702. The van der Waals surface area contributed by atoms with Gasteiger partial charge in [0.2, 0.25) is 0 Å². The van der Waals surface area contributed by atoms with Crippen LogP contribution in [0, 0.1) is 12.7 Å². The van der Waals surface area contributed by atoms with E-state index in [0.717, 1.165) is 29.3 Å². The van der Waals surface area contributed by atoms with Crippen molar-refractivity contribution in [2.75, 3.05) is 0 Å². The SMILES string of the molecule is Cc1ccc(F)c(C(=O)N2C3CCC2c2cc(Br)ccc2C3)c1. The maximum Gasteiger partial charge on any atom is 0.257 e. The third-order valence-corrected chi connectivity index (χ3v) is 5.50. The second kappa shape index (κ2) is 5.45. The Morgan fingerprint density at radius 1 is 1.22 bits per heavy atom. The zero-order chi connectivity index (χ0) is 16.1. The molecule has 2 unspecified atom stereocenters. The lowest BCUT2D eigenvalue weighted by molar-refractivity contribution is 0.0641. The molecule has 2 aliphatic heterocycles. The molecule has 0 aromatic heterocycles. The average Bonchev–Trinajstić information content (AvgIpc) is 2.85. The normalized spacial score (nSPS) is 22.1. The number of nitrogens with zero attached hydrogens (tertiary/aromatic N) is 1. The molecule has 1 saturated heterocycles. The predicted molar refractivity (Wildman–Crippen MR) is 90.9 cm³/mol. The third kappa shape index (κ3) is 2.40. The number of amides is 1. The highest BCUT2D eigenvalue weighted by molar-refractivity contribution is 9.10. The van der Waals surface area contributed by atoms with E-state index >= 15 is 0 Å². The lowest BCUT2D eigenvalue weighted by atomic mass is 9.92. The van der Waals surface area contributed by atoms with Crippen molar-refractivity contribution in [2.24, 2.45) is 0 Å².